The second-order valence-electron chi connectivity index (χ2n) is 8.63. The molecule has 190 valence electrons. The standard InChI is InChI=1S/C25H26N2O8S/c1-16-4-7-18(8-5-16)36(32,33)35-14-13-34-12-2-3-17-6-9-19-20(15-17)25(31)27(24(19)30)21-10-11-22(28)26-23(21)29/h4-9,15,21H,2-3,10-14H2,1H3,(H,26,28,29). The molecule has 2 aliphatic rings. The van der Waals surface area contributed by atoms with Crippen LogP contribution in [0.4, 0.5) is 0 Å². The second kappa shape index (κ2) is 10.7. The van der Waals surface area contributed by atoms with E-state index in [1.54, 1.807) is 30.3 Å². The lowest BCUT2D eigenvalue weighted by Crippen LogP contribution is -2.54. The Morgan fingerprint density at radius 3 is 2.39 bits per heavy atom. The lowest BCUT2D eigenvalue weighted by atomic mass is 10.0. The molecule has 1 atom stereocenters. The van der Waals surface area contributed by atoms with E-state index < -0.39 is 39.8 Å². The van der Waals surface area contributed by atoms with Crippen LogP contribution in [0.1, 0.15) is 51.1 Å². The Morgan fingerprint density at radius 1 is 0.944 bits per heavy atom. The van der Waals surface area contributed by atoms with E-state index in [1.165, 1.54) is 12.1 Å². The van der Waals surface area contributed by atoms with Crippen LogP contribution in [0, 0.1) is 6.92 Å². The predicted octanol–water partition coefficient (Wildman–Crippen LogP) is 1.75. The molecule has 11 heteroatoms. The Balaban J connectivity index is 1.23. The molecule has 0 aromatic heterocycles. The molecule has 4 amide bonds. The average molecular weight is 515 g/mol. The first-order valence-electron chi connectivity index (χ1n) is 11.6. The first-order chi connectivity index (χ1) is 17.2. The van der Waals surface area contributed by atoms with Crippen LogP contribution in [0.2, 0.25) is 0 Å². The highest BCUT2D eigenvalue weighted by Gasteiger charge is 2.44. The van der Waals surface area contributed by atoms with E-state index in [-0.39, 0.29) is 42.1 Å². The van der Waals surface area contributed by atoms with Crippen molar-refractivity contribution in [2.75, 3.05) is 19.8 Å². The number of piperidine rings is 1. The molecule has 4 rings (SSSR count). The molecular weight excluding hydrogens is 488 g/mol. The van der Waals surface area contributed by atoms with Crippen molar-refractivity contribution in [2.24, 2.45) is 0 Å². The SMILES string of the molecule is Cc1ccc(S(=O)(=O)OCCOCCCc2ccc3c(c2)C(=O)N(C2CCC(=O)NC2=O)C3=O)cc1. The summed E-state index contributed by atoms with van der Waals surface area (Å²) in [6, 6.07) is 10.3. The van der Waals surface area contributed by atoms with Gasteiger partial charge in [0.1, 0.15) is 6.04 Å². The molecule has 1 saturated heterocycles. The van der Waals surface area contributed by atoms with Gasteiger partial charge < -0.3 is 4.74 Å². The van der Waals surface area contributed by atoms with Crippen LogP contribution in [-0.4, -0.2) is 62.8 Å². The number of imide groups is 2. The van der Waals surface area contributed by atoms with Crippen molar-refractivity contribution in [3.63, 3.8) is 0 Å². The smallest absolute Gasteiger partial charge is 0.297 e. The normalized spacial score (nSPS) is 17.9. The molecule has 2 aromatic rings. The number of amides is 4. The minimum atomic E-state index is -3.83. The molecule has 0 spiro atoms. The minimum absolute atomic E-state index is 0.0674. The zero-order valence-corrected chi connectivity index (χ0v) is 20.5. The van der Waals surface area contributed by atoms with Crippen molar-refractivity contribution in [1.29, 1.82) is 0 Å². The van der Waals surface area contributed by atoms with Crippen LogP contribution >= 0.6 is 0 Å². The lowest BCUT2D eigenvalue weighted by molar-refractivity contribution is -0.136. The molecule has 2 aliphatic heterocycles. The Labute approximate surface area is 208 Å². The average Bonchev–Trinajstić information content (AvgIpc) is 3.08. The van der Waals surface area contributed by atoms with Gasteiger partial charge in [0.05, 0.1) is 29.2 Å². The highest BCUT2D eigenvalue weighted by atomic mass is 32.2. The summed E-state index contributed by atoms with van der Waals surface area (Å²) in [6.07, 6.45) is 1.34. The van der Waals surface area contributed by atoms with Gasteiger partial charge in [0.15, 0.2) is 0 Å². The Bertz CT molecular complexity index is 1300. The van der Waals surface area contributed by atoms with Gasteiger partial charge >= 0.3 is 0 Å². The Hall–Kier alpha value is -3.41. The fourth-order valence-corrected chi connectivity index (χ4v) is 5.02. The molecule has 0 aliphatic carbocycles. The van der Waals surface area contributed by atoms with Gasteiger partial charge in [0.2, 0.25) is 11.8 Å². The maximum Gasteiger partial charge on any atom is 0.297 e. The molecule has 0 bridgehead atoms. The fourth-order valence-electron chi connectivity index (χ4n) is 4.13. The fraction of sp³-hybridized carbons (Fsp3) is 0.360. The van der Waals surface area contributed by atoms with E-state index in [9.17, 15) is 27.6 Å². The number of carbonyl (C=O) groups excluding carboxylic acids is 4. The first kappa shape index (κ1) is 25.7. The van der Waals surface area contributed by atoms with Gasteiger partial charge in [-0.25, -0.2) is 0 Å². The maximum absolute atomic E-state index is 12.9. The van der Waals surface area contributed by atoms with E-state index in [0.29, 0.717) is 19.4 Å². The number of hydrogen-bond acceptors (Lipinski definition) is 8. The molecule has 0 radical (unpaired) electrons. The van der Waals surface area contributed by atoms with Gasteiger partial charge in [-0.1, -0.05) is 23.8 Å². The molecule has 1 fully saturated rings. The lowest BCUT2D eigenvalue weighted by Gasteiger charge is -2.27. The van der Waals surface area contributed by atoms with Gasteiger partial charge in [-0.15, -0.1) is 0 Å². The van der Waals surface area contributed by atoms with Gasteiger partial charge in [0.25, 0.3) is 21.9 Å². The van der Waals surface area contributed by atoms with Crippen LogP contribution in [-0.2, 0) is 35.0 Å². The Morgan fingerprint density at radius 2 is 1.67 bits per heavy atom. The van der Waals surface area contributed by atoms with Crippen molar-refractivity contribution >= 4 is 33.7 Å². The van der Waals surface area contributed by atoms with Crippen LogP contribution in [0.5, 0.6) is 0 Å². The molecule has 36 heavy (non-hydrogen) atoms. The van der Waals surface area contributed by atoms with Crippen LogP contribution in [0.3, 0.4) is 0 Å². The number of ether oxygens (including phenoxy) is 1. The summed E-state index contributed by atoms with van der Waals surface area (Å²) in [4.78, 5) is 50.2. The highest BCUT2D eigenvalue weighted by Crippen LogP contribution is 2.28. The number of fused-ring (bicyclic) bond motifs is 1. The van der Waals surface area contributed by atoms with Gasteiger partial charge in [-0.05, 0) is 56.0 Å². The largest absolute Gasteiger partial charge is 0.379 e. The Kier molecular flexibility index (Phi) is 7.62. The minimum Gasteiger partial charge on any atom is -0.379 e. The number of rotatable bonds is 10. The third-order valence-corrected chi connectivity index (χ3v) is 7.36. The number of carbonyl (C=O) groups is 4. The predicted molar refractivity (Wildman–Crippen MR) is 127 cm³/mol. The van der Waals surface area contributed by atoms with E-state index in [1.807, 2.05) is 6.92 Å². The third kappa shape index (κ3) is 5.53. The van der Waals surface area contributed by atoms with Crippen LogP contribution in [0.15, 0.2) is 47.4 Å². The van der Waals surface area contributed by atoms with Crippen molar-refractivity contribution in [3.05, 3.63) is 64.7 Å². The number of nitrogens with zero attached hydrogens (tertiary/aromatic N) is 1. The molecule has 10 nitrogen and oxygen atoms in total. The molecule has 1 unspecified atom stereocenters. The molecular formula is C25H26N2O8S. The van der Waals surface area contributed by atoms with Gasteiger partial charge in [0, 0.05) is 13.0 Å². The zero-order chi connectivity index (χ0) is 25.9. The van der Waals surface area contributed by atoms with Crippen molar-refractivity contribution in [2.45, 2.75) is 43.5 Å². The van der Waals surface area contributed by atoms with Crippen LogP contribution < -0.4 is 5.32 Å². The molecule has 2 heterocycles. The van der Waals surface area contributed by atoms with Gasteiger partial charge in [-0.3, -0.25) is 33.6 Å². The van der Waals surface area contributed by atoms with Crippen molar-refractivity contribution in [3.8, 4) is 0 Å². The van der Waals surface area contributed by atoms with E-state index >= 15 is 0 Å². The van der Waals surface area contributed by atoms with Crippen LogP contribution in [0.25, 0.3) is 0 Å². The summed E-state index contributed by atoms with van der Waals surface area (Å²) in [5.41, 5.74) is 2.24. The second-order valence-corrected chi connectivity index (χ2v) is 10.2. The summed E-state index contributed by atoms with van der Waals surface area (Å²) in [5, 5.41) is 2.17. The van der Waals surface area contributed by atoms with E-state index in [2.05, 4.69) is 5.32 Å². The zero-order valence-electron chi connectivity index (χ0n) is 19.7. The summed E-state index contributed by atoms with van der Waals surface area (Å²) in [6.45, 7) is 2.20. The van der Waals surface area contributed by atoms with E-state index in [4.69, 9.17) is 8.92 Å². The molecule has 0 saturated carbocycles. The van der Waals surface area contributed by atoms with Gasteiger partial charge in [-0.2, -0.15) is 8.42 Å². The molecule has 1 N–H and O–H groups in total. The summed E-state index contributed by atoms with van der Waals surface area (Å²) < 4.78 is 34.7. The monoisotopic (exact) mass is 514 g/mol. The molecule has 2 aromatic carbocycles. The summed E-state index contributed by atoms with van der Waals surface area (Å²) in [7, 11) is -3.83. The first-order valence-corrected chi connectivity index (χ1v) is 13.0. The number of hydrogen-bond donors (Lipinski definition) is 1. The van der Waals surface area contributed by atoms with Crippen molar-refractivity contribution < 1.29 is 36.5 Å². The summed E-state index contributed by atoms with van der Waals surface area (Å²) in [5.74, 6) is -2.15. The van der Waals surface area contributed by atoms with E-state index in [0.717, 1.165) is 16.0 Å². The number of benzene rings is 2. The maximum atomic E-state index is 12.9. The van der Waals surface area contributed by atoms with Crippen molar-refractivity contribution in [1.82, 2.24) is 10.2 Å². The quantitative estimate of drug-likeness (QED) is 0.288. The topological polar surface area (TPSA) is 136 Å². The highest BCUT2D eigenvalue weighted by molar-refractivity contribution is 7.86. The third-order valence-electron chi connectivity index (χ3n) is 6.03. The number of nitrogens with one attached hydrogen (secondary N) is 1. The number of aryl methyl sites for hydroxylation is 2. The summed E-state index contributed by atoms with van der Waals surface area (Å²) >= 11 is 0.